The number of para-hydroxylation sites is 2. The standard InChI is InChI=1S/C20H31N5O4S.HI/c1-2-21-20(22-9-7-19(27)23-16-8-14-30(28,29)15-16)25-12-10-24(11-13-25)17-5-3-4-6-18(17)26;/h3-6,16,26H,2,7-15H2,1H3,(H,21,22)(H,23,27);1H. The van der Waals surface area contributed by atoms with Crippen molar-refractivity contribution in [1.82, 2.24) is 15.5 Å². The summed E-state index contributed by atoms with van der Waals surface area (Å²) in [6, 6.07) is 7.06. The number of nitrogens with zero attached hydrogens (tertiary/aromatic N) is 3. The van der Waals surface area contributed by atoms with E-state index in [1.807, 2.05) is 25.1 Å². The summed E-state index contributed by atoms with van der Waals surface area (Å²) in [5, 5.41) is 16.1. The number of rotatable bonds is 6. The molecule has 11 heteroatoms. The third kappa shape index (κ3) is 7.41. The Hall–Kier alpha value is -1.76. The first-order valence-corrected chi connectivity index (χ1v) is 12.3. The van der Waals surface area contributed by atoms with Crippen molar-refractivity contribution in [1.29, 1.82) is 0 Å². The largest absolute Gasteiger partial charge is 0.506 e. The number of guanidine groups is 1. The zero-order chi connectivity index (χ0) is 21.6. The molecule has 0 radical (unpaired) electrons. The second-order valence-corrected chi connectivity index (χ2v) is 9.84. The van der Waals surface area contributed by atoms with Crippen molar-refractivity contribution >= 4 is 51.4 Å². The summed E-state index contributed by atoms with van der Waals surface area (Å²) in [6.45, 7) is 6.11. The number of hydrogen-bond donors (Lipinski definition) is 3. The van der Waals surface area contributed by atoms with E-state index in [4.69, 9.17) is 0 Å². The lowest BCUT2D eigenvalue weighted by atomic mass is 10.2. The molecule has 2 heterocycles. The van der Waals surface area contributed by atoms with E-state index in [-0.39, 0.29) is 59.6 Å². The Morgan fingerprint density at radius 2 is 1.94 bits per heavy atom. The Morgan fingerprint density at radius 3 is 2.55 bits per heavy atom. The fourth-order valence-electron chi connectivity index (χ4n) is 3.79. The van der Waals surface area contributed by atoms with Crippen LogP contribution in [0.5, 0.6) is 5.75 Å². The predicted octanol–water partition coefficient (Wildman–Crippen LogP) is 0.791. The van der Waals surface area contributed by atoms with Gasteiger partial charge in [-0.1, -0.05) is 12.1 Å². The van der Waals surface area contributed by atoms with Crippen LogP contribution in [-0.2, 0) is 14.6 Å². The van der Waals surface area contributed by atoms with E-state index < -0.39 is 9.84 Å². The van der Waals surface area contributed by atoms with Gasteiger partial charge in [0.15, 0.2) is 15.8 Å². The maximum Gasteiger partial charge on any atom is 0.222 e. The third-order valence-corrected chi connectivity index (χ3v) is 7.10. The number of nitrogens with one attached hydrogen (secondary N) is 2. The maximum absolute atomic E-state index is 12.1. The number of aromatic hydroxyl groups is 1. The molecule has 174 valence electrons. The molecule has 2 aliphatic heterocycles. The van der Waals surface area contributed by atoms with Crippen molar-refractivity contribution in [3.63, 3.8) is 0 Å². The van der Waals surface area contributed by atoms with Crippen LogP contribution in [0.25, 0.3) is 0 Å². The van der Waals surface area contributed by atoms with Crippen LogP contribution in [0.2, 0.25) is 0 Å². The predicted molar refractivity (Wildman–Crippen MR) is 133 cm³/mol. The van der Waals surface area contributed by atoms with Gasteiger partial charge in [-0.15, -0.1) is 24.0 Å². The molecule has 0 spiro atoms. The highest BCUT2D eigenvalue weighted by Crippen LogP contribution is 2.27. The molecule has 1 aromatic carbocycles. The molecule has 3 rings (SSSR count). The summed E-state index contributed by atoms with van der Waals surface area (Å²) in [4.78, 5) is 21.0. The average Bonchev–Trinajstić information content (AvgIpc) is 3.06. The summed E-state index contributed by atoms with van der Waals surface area (Å²) in [6.07, 6.45) is 0.713. The number of halogens is 1. The number of carbonyl (C=O) groups excluding carboxylic acids is 1. The zero-order valence-corrected chi connectivity index (χ0v) is 20.9. The second-order valence-electron chi connectivity index (χ2n) is 7.62. The first-order chi connectivity index (χ1) is 14.4. The number of hydrogen-bond acceptors (Lipinski definition) is 6. The summed E-state index contributed by atoms with van der Waals surface area (Å²) in [5.74, 6) is 1.07. The molecule has 0 bridgehead atoms. The highest BCUT2D eigenvalue weighted by Gasteiger charge is 2.28. The Morgan fingerprint density at radius 1 is 1.23 bits per heavy atom. The van der Waals surface area contributed by atoms with Gasteiger partial charge in [0.05, 0.1) is 23.7 Å². The van der Waals surface area contributed by atoms with E-state index in [1.54, 1.807) is 6.07 Å². The molecule has 0 aromatic heterocycles. The molecule has 9 nitrogen and oxygen atoms in total. The van der Waals surface area contributed by atoms with Crippen molar-refractivity contribution in [2.24, 2.45) is 4.99 Å². The first-order valence-electron chi connectivity index (χ1n) is 10.4. The van der Waals surface area contributed by atoms with Gasteiger partial charge in [0.25, 0.3) is 0 Å². The van der Waals surface area contributed by atoms with Crippen molar-refractivity contribution in [3.05, 3.63) is 24.3 Å². The molecular formula is C20H32IN5O4S. The van der Waals surface area contributed by atoms with Crippen LogP contribution in [0.4, 0.5) is 5.69 Å². The van der Waals surface area contributed by atoms with Gasteiger partial charge in [-0.2, -0.15) is 0 Å². The van der Waals surface area contributed by atoms with Crippen LogP contribution in [0.1, 0.15) is 19.8 Å². The normalized spacial score (nSPS) is 20.8. The van der Waals surface area contributed by atoms with Gasteiger partial charge in [0.1, 0.15) is 5.75 Å². The molecule has 0 aliphatic carbocycles. The number of aliphatic imine (C=N–C) groups is 1. The topological polar surface area (TPSA) is 114 Å². The molecule has 2 fully saturated rings. The molecule has 1 aromatic rings. The summed E-state index contributed by atoms with van der Waals surface area (Å²) in [7, 11) is -3.00. The minimum Gasteiger partial charge on any atom is -0.506 e. The monoisotopic (exact) mass is 565 g/mol. The highest BCUT2D eigenvalue weighted by atomic mass is 127. The summed E-state index contributed by atoms with van der Waals surface area (Å²) >= 11 is 0. The minimum atomic E-state index is -3.00. The van der Waals surface area contributed by atoms with Crippen molar-refractivity contribution in [2.75, 3.05) is 55.7 Å². The number of benzene rings is 1. The van der Waals surface area contributed by atoms with Gasteiger partial charge < -0.3 is 25.5 Å². The molecule has 2 saturated heterocycles. The lowest BCUT2D eigenvalue weighted by Gasteiger charge is -2.37. The van der Waals surface area contributed by atoms with E-state index in [1.165, 1.54) is 0 Å². The molecule has 2 aliphatic rings. The van der Waals surface area contributed by atoms with Crippen molar-refractivity contribution in [3.8, 4) is 5.75 Å². The van der Waals surface area contributed by atoms with Crippen molar-refractivity contribution in [2.45, 2.75) is 25.8 Å². The Labute approximate surface area is 201 Å². The lowest BCUT2D eigenvalue weighted by molar-refractivity contribution is -0.121. The lowest BCUT2D eigenvalue weighted by Crippen LogP contribution is -2.52. The zero-order valence-electron chi connectivity index (χ0n) is 17.8. The van der Waals surface area contributed by atoms with Crippen LogP contribution in [-0.4, -0.2) is 87.1 Å². The molecule has 1 amide bonds. The molecule has 3 N–H and O–H groups in total. The SMILES string of the molecule is CCNC(=NCCC(=O)NC1CCS(=O)(=O)C1)N1CCN(c2ccccc2O)CC1.I. The molecule has 0 saturated carbocycles. The number of carbonyl (C=O) groups is 1. The quantitative estimate of drug-likeness (QED) is 0.266. The summed E-state index contributed by atoms with van der Waals surface area (Å²) < 4.78 is 23.0. The van der Waals surface area contributed by atoms with Gasteiger partial charge in [0, 0.05) is 45.2 Å². The van der Waals surface area contributed by atoms with Crippen LogP contribution in [0.3, 0.4) is 0 Å². The van der Waals surface area contributed by atoms with Crippen LogP contribution >= 0.6 is 24.0 Å². The number of amides is 1. The molecule has 1 atom stereocenters. The first kappa shape index (κ1) is 25.5. The van der Waals surface area contributed by atoms with E-state index in [2.05, 4.69) is 25.4 Å². The van der Waals surface area contributed by atoms with Gasteiger partial charge in [-0.25, -0.2) is 8.42 Å². The van der Waals surface area contributed by atoms with Gasteiger partial charge in [-0.3, -0.25) is 9.79 Å². The number of phenols is 1. The van der Waals surface area contributed by atoms with Gasteiger partial charge >= 0.3 is 0 Å². The van der Waals surface area contributed by atoms with Gasteiger partial charge in [0.2, 0.25) is 5.91 Å². The fourth-order valence-corrected chi connectivity index (χ4v) is 5.46. The number of piperazine rings is 1. The van der Waals surface area contributed by atoms with Crippen LogP contribution < -0.4 is 15.5 Å². The van der Waals surface area contributed by atoms with E-state index in [0.29, 0.717) is 13.0 Å². The Balaban J connectivity index is 0.00000341. The Bertz CT molecular complexity index is 872. The van der Waals surface area contributed by atoms with E-state index >= 15 is 0 Å². The number of phenolic OH excluding ortho intramolecular Hbond substituents is 1. The van der Waals surface area contributed by atoms with E-state index in [0.717, 1.165) is 44.4 Å². The second kappa shape index (κ2) is 11.7. The highest BCUT2D eigenvalue weighted by molar-refractivity contribution is 14.0. The number of sulfone groups is 1. The van der Waals surface area contributed by atoms with E-state index in [9.17, 15) is 18.3 Å². The maximum atomic E-state index is 12.1. The van der Waals surface area contributed by atoms with Crippen LogP contribution in [0, 0.1) is 0 Å². The average molecular weight is 565 g/mol. The fraction of sp³-hybridized carbons (Fsp3) is 0.600. The summed E-state index contributed by atoms with van der Waals surface area (Å²) in [5.41, 5.74) is 0.838. The van der Waals surface area contributed by atoms with Crippen LogP contribution in [0.15, 0.2) is 29.3 Å². The third-order valence-electron chi connectivity index (χ3n) is 5.33. The van der Waals surface area contributed by atoms with Gasteiger partial charge in [-0.05, 0) is 25.5 Å². The minimum absolute atomic E-state index is 0. The molecule has 1 unspecified atom stereocenters. The Kier molecular flexibility index (Phi) is 9.66. The molecule has 31 heavy (non-hydrogen) atoms. The smallest absolute Gasteiger partial charge is 0.222 e. The number of anilines is 1. The molecular weight excluding hydrogens is 533 g/mol. The van der Waals surface area contributed by atoms with Crippen molar-refractivity contribution < 1.29 is 18.3 Å².